The number of nitrogens with zero attached hydrogens (tertiary/aromatic N) is 1. The number of hydrogen-bond donors (Lipinski definition) is 1. The molecule has 26 heavy (non-hydrogen) atoms. The van der Waals surface area contributed by atoms with E-state index in [1.54, 1.807) is 24.3 Å². The van der Waals surface area contributed by atoms with E-state index in [-0.39, 0.29) is 0 Å². The summed E-state index contributed by atoms with van der Waals surface area (Å²) >= 11 is 0. The van der Waals surface area contributed by atoms with Crippen LogP contribution in [0.4, 0.5) is 0 Å². The highest BCUT2D eigenvalue weighted by molar-refractivity contribution is 5.89. The van der Waals surface area contributed by atoms with E-state index in [1.165, 1.54) is 6.08 Å². The van der Waals surface area contributed by atoms with Gasteiger partial charge in [0, 0.05) is 6.08 Å². The second-order valence-corrected chi connectivity index (χ2v) is 6.29. The highest BCUT2D eigenvalue weighted by Crippen LogP contribution is 2.31. The number of fused-ring (bicyclic) bond motifs is 1. The number of hydrogen-bond acceptors (Lipinski definition) is 6. The van der Waals surface area contributed by atoms with Gasteiger partial charge < -0.3 is 19.5 Å². The van der Waals surface area contributed by atoms with Gasteiger partial charge in [0.15, 0.2) is 18.1 Å². The maximum atomic E-state index is 11.9. The lowest BCUT2D eigenvalue weighted by molar-refractivity contribution is -0.144. The molecule has 7 heteroatoms. The summed E-state index contributed by atoms with van der Waals surface area (Å²) in [6.45, 7) is 0.596. The largest absolute Gasteiger partial charge is 0.486 e. The van der Waals surface area contributed by atoms with Gasteiger partial charge in [0.25, 0.3) is 5.91 Å². The Kier molecular flexibility index (Phi) is 5.42. The fourth-order valence-corrected chi connectivity index (χ4v) is 3.06. The van der Waals surface area contributed by atoms with Crippen molar-refractivity contribution >= 4 is 18.0 Å². The van der Waals surface area contributed by atoms with E-state index in [4.69, 9.17) is 14.2 Å². The van der Waals surface area contributed by atoms with Gasteiger partial charge >= 0.3 is 5.97 Å². The van der Waals surface area contributed by atoms with Crippen LogP contribution in [-0.4, -0.2) is 37.2 Å². The van der Waals surface area contributed by atoms with E-state index < -0.39 is 24.0 Å². The molecule has 1 aliphatic heterocycles. The Bertz CT molecular complexity index is 760. The molecule has 7 nitrogen and oxygen atoms in total. The van der Waals surface area contributed by atoms with Crippen LogP contribution in [0.25, 0.3) is 6.08 Å². The van der Waals surface area contributed by atoms with Gasteiger partial charge in [0.05, 0.1) is 6.07 Å². The molecule has 0 radical (unpaired) electrons. The first-order valence-corrected chi connectivity index (χ1v) is 8.57. The number of benzene rings is 1. The van der Waals surface area contributed by atoms with Gasteiger partial charge in [-0.15, -0.1) is 0 Å². The molecule has 0 atom stereocenters. The van der Waals surface area contributed by atoms with Gasteiger partial charge in [0.1, 0.15) is 18.8 Å². The Morgan fingerprint density at radius 3 is 2.69 bits per heavy atom. The summed E-state index contributed by atoms with van der Waals surface area (Å²) in [5.41, 5.74) is -0.0603. The third-order valence-corrected chi connectivity index (χ3v) is 4.37. The molecule has 1 heterocycles. The predicted molar refractivity (Wildman–Crippen MR) is 92.4 cm³/mol. The first-order valence-electron chi connectivity index (χ1n) is 8.57. The minimum absolute atomic E-state index is 0.409. The lowest BCUT2D eigenvalue weighted by Crippen LogP contribution is -2.46. The third-order valence-electron chi connectivity index (χ3n) is 4.37. The molecule has 0 aromatic heterocycles. The number of nitriles is 1. The fraction of sp³-hybridized carbons (Fsp3) is 0.421. The van der Waals surface area contributed by atoms with E-state index in [2.05, 4.69) is 11.4 Å². The number of rotatable bonds is 5. The molecule has 1 aromatic carbocycles. The van der Waals surface area contributed by atoms with E-state index in [9.17, 15) is 14.9 Å². The molecule has 3 rings (SSSR count). The Balaban J connectivity index is 1.48. The van der Waals surface area contributed by atoms with Crippen LogP contribution >= 0.6 is 0 Å². The molecule has 1 aliphatic carbocycles. The van der Waals surface area contributed by atoms with Gasteiger partial charge in [0.2, 0.25) is 0 Å². The van der Waals surface area contributed by atoms with Crippen LogP contribution in [0.2, 0.25) is 0 Å². The maximum absolute atomic E-state index is 11.9. The smallest absolute Gasteiger partial charge is 0.331 e. The lowest BCUT2D eigenvalue weighted by atomic mass is 10.00. The average molecular weight is 356 g/mol. The lowest BCUT2D eigenvalue weighted by Gasteiger charge is -2.21. The molecule has 2 aliphatic rings. The van der Waals surface area contributed by atoms with Crippen LogP contribution in [-0.2, 0) is 14.3 Å². The molecule has 0 saturated heterocycles. The normalized spacial score (nSPS) is 17.5. The van der Waals surface area contributed by atoms with Gasteiger partial charge in [-0.1, -0.05) is 6.07 Å². The average Bonchev–Trinajstić information content (AvgIpc) is 3.13. The van der Waals surface area contributed by atoms with Crippen molar-refractivity contribution < 1.29 is 23.8 Å². The molecular weight excluding hydrogens is 336 g/mol. The summed E-state index contributed by atoms with van der Waals surface area (Å²) in [6, 6.07) is 7.49. The first-order chi connectivity index (χ1) is 12.6. The molecule has 136 valence electrons. The fourth-order valence-electron chi connectivity index (χ4n) is 3.06. The summed E-state index contributed by atoms with van der Waals surface area (Å²) in [5.74, 6) is 0.206. The minimum Gasteiger partial charge on any atom is -0.486 e. The Morgan fingerprint density at radius 1 is 1.23 bits per heavy atom. The molecule has 0 spiro atoms. The monoisotopic (exact) mass is 356 g/mol. The second-order valence-electron chi connectivity index (χ2n) is 6.29. The van der Waals surface area contributed by atoms with Crippen molar-refractivity contribution in [1.82, 2.24) is 5.32 Å². The number of esters is 1. The summed E-state index contributed by atoms with van der Waals surface area (Å²) in [4.78, 5) is 23.7. The number of carbonyl (C=O) groups is 2. The molecule has 1 aromatic rings. The zero-order chi connectivity index (χ0) is 18.4. The third kappa shape index (κ3) is 4.33. The van der Waals surface area contributed by atoms with E-state index >= 15 is 0 Å². The molecule has 1 saturated carbocycles. The zero-order valence-electron chi connectivity index (χ0n) is 14.3. The molecular formula is C19H20N2O5. The van der Waals surface area contributed by atoms with Crippen molar-refractivity contribution in [2.75, 3.05) is 19.8 Å². The Morgan fingerprint density at radius 2 is 1.96 bits per heavy atom. The van der Waals surface area contributed by atoms with Crippen LogP contribution in [0.5, 0.6) is 11.5 Å². The van der Waals surface area contributed by atoms with Crippen LogP contribution in [0.15, 0.2) is 24.3 Å². The SMILES string of the molecule is N#CC1(NC(=O)COC(=O)/C=C/c2ccc3c(c2)OCCO3)CCCC1. The minimum atomic E-state index is -0.815. The highest BCUT2D eigenvalue weighted by Gasteiger charge is 2.35. The molecule has 0 unspecified atom stereocenters. The van der Waals surface area contributed by atoms with Crippen LogP contribution in [0.3, 0.4) is 0 Å². The summed E-state index contributed by atoms with van der Waals surface area (Å²) < 4.78 is 15.8. The highest BCUT2D eigenvalue weighted by atomic mass is 16.6. The summed E-state index contributed by atoms with van der Waals surface area (Å²) in [7, 11) is 0. The van der Waals surface area contributed by atoms with Crippen LogP contribution in [0, 0.1) is 11.3 Å². The van der Waals surface area contributed by atoms with E-state index in [1.807, 2.05) is 0 Å². The summed E-state index contributed by atoms with van der Waals surface area (Å²) in [5, 5.41) is 11.9. The predicted octanol–water partition coefficient (Wildman–Crippen LogP) is 1.97. The number of amides is 1. The van der Waals surface area contributed by atoms with Gasteiger partial charge in [-0.3, -0.25) is 4.79 Å². The quantitative estimate of drug-likeness (QED) is 0.640. The van der Waals surface area contributed by atoms with Gasteiger partial charge in [-0.2, -0.15) is 5.26 Å². The van der Waals surface area contributed by atoms with Crippen molar-refractivity contribution in [2.45, 2.75) is 31.2 Å². The topological polar surface area (TPSA) is 97.7 Å². The molecule has 0 bridgehead atoms. The van der Waals surface area contributed by atoms with Crippen molar-refractivity contribution in [3.8, 4) is 17.6 Å². The van der Waals surface area contributed by atoms with E-state index in [0.717, 1.165) is 18.4 Å². The zero-order valence-corrected chi connectivity index (χ0v) is 14.3. The van der Waals surface area contributed by atoms with Crippen LogP contribution < -0.4 is 14.8 Å². The second kappa shape index (κ2) is 7.91. The number of ether oxygens (including phenoxy) is 3. The van der Waals surface area contributed by atoms with Gasteiger partial charge in [-0.25, -0.2) is 4.79 Å². The summed E-state index contributed by atoms with van der Waals surface area (Å²) in [6.07, 6.45) is 5.90. The Labute approximate surface area is 151 Å². The van der Waals surface area contributed by atoms with Crippen molar-refractivity contribution in [2.24, 2.45) is 0 Å². The van der Waals surface area contributed by atoms with Crippen molar-refractivity contribution in [1.29, 1.82) is 5.26 Å². The van der Waals surface area contributed by atoms with Gasteiger partial charge in [-0.05, 0) is 49.5 Å². The first kappa shape index (κ1) is 17.8. The van der Waals surface area contributed by atoms with Crippen LogP contribution in [0.1, 0.15) is 31.2 Å². The maximum Gasteiger partial charge on any atom is 0.331 e. The Hall–Kier alpha value is -3.01. The molecule has 1 amide bonds. The molecule has 1 fully saturated rings. The van der Waals surface area contributed by atoms with E-state index in [0.29, 0.717) is 37.6 Å². The standard InChI is InChI=1S/C19H20N2O5/c20-13-19(7-1-2-8-19)21-17(22)12-26-18(23)6-4-14-3-5-15-16(11-14)25-10-9-24-15/h3-6,11H,1-2,7-10,12H2,(H,21,22)/b6-4+. The van der Waals surface area contributed by atoms with Crippen molar-refractivity contribution in [3.63, 3.8) is 0 Å². The number of nitrogens with one attached hydrogen (secondary N) is 1. The van der Waals surface area contributed by atoms with Crippen molar-refractivity contribution in [3.05, 3.63) is 29.8 Å². The number of carbonyl (C=O) groups excluding carboxylic acids is 2. The molecule has 1 N–H and O–H groups in total.